The Bertz CT molecular complexity index is 1140. The fraction of sp³-hybridized carbons (Fsp3) is 0.556. The summed E-state index contributed by atoms with van der Waals surface area (Å²) in [5.41, 5.74) is 2.94. The molecule has 0 spiro atoms. The minimum absolute atomic E-state index is 0.0236. The predicted octanol–water partition coefficient (Wildman–Crippen LogP) is 1.54. The van der Waals surface area contributed by atoms with E-state index >= 15 is 0 Å². The van der Waals surface area contributed by atoms with Gasteiger partial charge in [-0.05, 0) is 36.8 Å². The van der Waals surface area contributed by atoms with E-state index in [2.05, 4.69) is 44.5 Å². The lowest BCUT2D eigenvalue weighted by molar-refractivity contribution is -0.129. The molecule has 1 aromatic heterocycles. The highest BCUT2D eigenvalue weighted by atomic mass is 16.5. The Kier molecular flexibility index (Phi) is 7.57. The van der Waals surface area contributed by atoms with Gasteiger partial charge in [-0.1, -0.05) is 24.3 Å². The molecule has 2 N–H and O–H groups in total. The Morgan fingerprint density at radius 3 is 2.46 bits per heavy atom. The van der Waals surface area contributed by atoms with Gasteiger partial charge in [-0.25, -0.2) is 0 Å². The van der Waals surface area contributed by atoms with Crippen molar-refractivity contribution in [2.75, 3.05) is 45.2 Å². The van der Waals surface area contributed by atoms with Crippen molar-refractivity contribution in [3.8, 4) is 6.01 Å². The molecule has 3 aliphatic rings. The first kappa shape index (κ1) is 25.4. The van der Waals surface area contributed by atoms with Crippen LogP contribution in [0, 0.1) is 0 Å². The van der Waals surface area contributed by atoms with Crippen molar-refractivity contribution >= 4 is 17.6 Å². The van der Waals surface area contributed by atoms with Crippen LogP contribution < -0.4 is 10.1 Å². The number of aliphatic hydroxyl groups excluding tert-OH is 1. The number of aromatic nitrogens is 2. The zero-order chi connectivity index (χ0) is 25.9. The first-order chi connectivity index (χ1) is 17.9. The number of nitrogens with zero attached hydrogens (tertiary/aromatic N) is 5. The minimum atomic E-state index is -0.629. The third-order valence-electron chi connectivity index (χ3n) is 7.86. The Balaban J connectivity index is 1.22. The number of methoxy groups -OCH3 is 1. The van der Waals surface area contributed by atoms with E-state index < -0.39 is 6.10 Å². The van der Waals surface area contributed by atoms with Crippen molar-refractivity contribution in [3.63, 3.8) is 0 Å². The van der Waals surface area contributed by atoms with Gasteiger partial charge in [0.2, 0.25) is 5.91 Å². The maximum Gasteiger partial charge on any atom is 0.318 e. The third-order valence-corrected chi connectivity index (χ3v) is 7.86. The summed E-state index contributed by atoms with van der Waals surface area (Å²) in [6, 6.07) is 10.4. The van der Waals surface area contributed by atoms with Gasteiger partial charge in [-0.15, -0.1) is 0 Å². The summed E-state index contributed by atoms with van der Waals surface area (Å²) in [5.74, 6) is 0.377. The summed E-state index contributed by atoms with van der Waals surface area (Å²) in [7, 11) is 1.48. The largest absolute Gasteiger partial charge is 0.467 e. The average Bonchev–Trinajstić information content (AvgIpc) is 2.92. The van der Waals surface area contributed by atoms with Crippen LogP contribution in [0.2, 0.25) is 0 Å². The molecular weight excluding hydrogens is 472 g/mol. The van der Waals surface area contributed by atoms with Crippen LogP contribution in [-0.4, -0.2) is 99.6 Å². The number of aliphatic hydroxyl groups is 1. The quantitative estimate of drug-likeness (QED) is 0.626. The molecule has 5 rings (SSSR count). The molecule has 37 heavy (non-hydrogen) atoms. The van der Waals surface area contributed by atoms with Crippen molar-refractivity contribution in [2.24, 2.45) is 0 Å². The van der Waals surface area contributed by atoms with Gasteiger partial charge < -0.3 is 25.0 Å². The molecular formula is C27H36N6O4. The van der Waals surface area contributed by atoms with Gasteiger partial charge in [0, 0.05) is 64.3 Å². The molecule has 0 bridgehead atoms. The number of carbonyl (C=O) groups excluding carboxylic acids is 2. The number of hydrogen-bond donors (Lipinski definition) is 2. The second-order valence-electron chi connectivity index (χ2n) is 10.2. The van der Waals surface area contributed by atoms with Crippen molar-refractivity contribution in [2.45, 2.75) is 57.3 Å². The minimum Gasteiger partial charge on any atom is -0.467 e. The van der Waals surface area contributed by atoms with Crippen molar-refractivity contribution < 1.29 is 19.4 Å². The lowest BCUT2D eigenvalue weighted by Gasteiger charge is -2.43. The van der Waals surface area contributed by atoms with Gasteiger partial charge in [0.05, 0.1) is 13.2 Å². The number of carbonyl (C=O) groups is 2. The highest BCUT2D eigenvalue weighted by Gasteiger charge is 2.36. The van der Waals surface area contributed by atoms with E-state index in [-0.39, 0.29) is 42.1 Å². The van der Waals surface area contributed by atoms with Crippen molar-refractivity contribution in [1.29, 1.82) is 0 Å². The van der Waals surface area contributed by atoms with Gasteiger partial charge >= 0.3 is 6.01 Å². The van der Waals surface area contributed by atoms with E-state index in [9.17, 15) is 14.7 Å². The topological polar surface area (TPSA) is 111 Å². The summed E-state index contributed by atoms with van der Waals surface area (Å²) in [5, 5.41) is 14.4. The number of anilines is 1. The van der Waals surface area contributed by atoms with E-state index in [0.29, 0.717) is 31.9 Å². The highest BCUT2D eigenvalue weighted by molar-refractivity contribution is 5.93. The molecule has 0 unspecified atom stereocenters. The van der Waals surface area contributed by atoms with E-state index in [1.807, 2.05) is 4.90 Å². The standard InChI is InChI=1S/C27H36N6O4/c1-18(34)31-12-8-21(9-13-31)28-25-15-22(29-27(30-25)37-2)26(36)33-14-10-23(24(35)17-33)32-11-7-19-5-3-4-6-20(19)16-32/h3-6,15,21,23-24,35H,7-14,16-17H2,1-2H3,(H,28,29,30)/t23-,24-/m0/s1. The first-order valence-electron chi connectivity index (χ1n) is 13.1. The Labute approximate surface area is 217 Å². The van der Waals surface area contributed by atoms with Crippen LogP contribution in [0.3, 0.4) is 0 Å². The molecule has 10 nitrogen and oxygen atoms in total. The van der Waals surface area contributed by atoms with Crippen molar-refractivity contribution in [1.82, 2.24) is 24.7 Å². The van der Waals surface area contributed by atoms with E-state index in [1.165, 1.54) is 18.2 Å². The normalized spacial score (nSPS) is 22.9. The number of rotatable bonds is 5. The van der Waals surface area contributed by atoms with Gasteiger partial charge in [0.25, 0.3) is 5.91 Å². The van der Waals surface area contributed by atoms with Gasteiger partial charge in [0.15, 0.2) is 0 Å². The van der Waals surface area contributed by atoms with E-state index in [0.717, 1.165) is 32.4 Å². The predicted molar refractivity (Wildman–Crippen MR) is 138 cm³/mol. The number of likely N-dealkylation sites (tertiary alicyclic amines) is 2. The first-order valence-corrected chi connectivity index (χ1v) is 13.1. The second-order valence-corrected chi connectivity index (χ2v) is 10.2. The molecule has 198 valence electrons. The van der Waals surface area contributed by atoms with Crippen LogP contribution in [0.15, 0.2) is 30.3 Å². The second kappa shape index (κ2) is 11.0. The molecule has 10 heteroatoms. The monoisotopic (exact) mass is 508 g/mol. The van der Waals surface area contributed by atoms with Crippen LogP contribution in [-0.2, 0) is 17.8 Å². The maximum atomic E-state index is 13.4. The van der Waals surface area contributed by atoms with Crippen LogP contribution >= 0.6 is 0 Å². The Morgan fingerprint density at radius 1 is 1.03 bits per heavy atom. The third kappa shape index (κ3) is 5.70. The number of ether oxygens (including phenoxy) is 1. The van der Waals surface area contributed by atoms with Crippen LogP contribution in [0.1, 0.15) is 47.8 Å². The number of amides is 2. The molecule has 2 saturated heterocycles. The summed E-state index contributed by atoms with van der Waals surface area (Å²) < 4.78 is 5.28. The van der Waals surface area contributed by atoms with Crippen LogP contribution in [0.4, 0.5) is 5.82 Å². The molecule has 2 aromatic rings. The molecule has 2 atom stereocenters. The van der Waals surface area contributed by atoms with Crippen LogP contribution in [0.5, 0.6) is 6.01 Å². The number of benzene rings is 1. The molecule has 0 saturated carbocycles. The lowest BCUT2D eigenvalue weighted by Crippen LogP contribution is -2.56. The van der Waals surface area contributed by atoms with E-state index in [1.54, 1.807) is 17.9 Å². The summed E-state index contributed by atoms with van der Waals surface area (Å²) in [6.07, 6.45) is 2.66. The lowest BCUT2D eigenvalue weighted by atomic mass is 9.94. The molecule has 2 fully saturated rings. The smallest absolute Gasteiger partial charge is 0.318 e. The average molecular weight is 509 g/mol. The van der Waals surface area contributed by atoms with Gasteiger partial charge in [-0.2, -0.15) is 9.97 Å². The number of fused-ring (bicyclic) bond motifs is 1. The number of nitrogens with one attached hydrogen (secondary N) is 1. The molecule has 2 amide bonds. The van der Waals surface area contributed by atoms with Gasteiger partial charge in [0.1, 0.15) is 11.5 Å². The molecule has 4 heterocycles. The van der Waals surface area contributed by atoms with E-state index in [4.69, 9.17) is 4.74 Å². The molecule has 0 radical (unpaired) electrons. The summed E-state index contributed by atoms with van der Waals surface area (Å²) in [6.45, 7) is 5.53. The number of β-amino-alcohol motifs (C(OH)–C–C–N with tert-alkyl or cyclic N) is 1. The molecule has 0 aliphatic carbocycles. The molecule has 3 aliphatic heterocycles. The zero-order valence-corrected chi connectivity index (χ0v) is 21.6. The van der Waals surface area contributed by atoms with Crippen LogP contribution in [0.25, 0.3) is 0 Å². The molecule has 1 aromatic carbocycles. The Hall–Kier alpha value is -3.24. The Morgan fingerprint density at radius 2 is 1.76 bits per heavy atom. The highest BCUT2D eigenvalue weighted by Crippen LogP contribution is 2.26. The summed E-state index contributed by atoms with van der Waals surface area (Å²) in [4.78, 5) is 39.6. The number of piperidine rings is 2. The zero-order valence-electron chi connectivity index (χ0n) is 21.6. The van der Waals surface area contributed by atoms with Gasteiger partial charge in [-0.3, -0.25) is 14.5 Å². The van der Waals surface area contributed by atoms with Crippen molar-refractivity contribution in [3.05, 3.63) is 47.2 Å². The fourth-order valence-corrected chi connectivity index (χ4v) is 5.74. The fourth-order valence-electron chi connectivity index (χ4n) is 5.74. The number of hydrogen-bond acceptors (Lipinski definition) is 8. The maximum absolute atomic E-state index is 13.4. The SMILES string of the molecule is COc1nc(NC2CCN(C(C)=O)CC2)cc(C(=O)N2CC[C@H](N3CCc4ccccc4C3)[C@@H](O)C2)n1. The summed E-state index contributed by atoms with van der Waals surface area (Å²) >= 11 is 0.